The first kappa shape index (κ1) is 17.3. The number of ether oxygens (including phenoxy) is 1. The van der Waals surface area contributed by atoms with Crippen molar-refractivity contribution >= 4 is 22.6 Å². The van der Waals surface area contributed by atoms with Gasteiger partial charge in [-0.1, -0.05) is 11.6 Å². The summed E-state index contributed by atoms with van der Waals surface area (Å²) >= 11 is 5.94. The Labute approximate surface area is 155 Å². The maximum absolute atomic E-state index is 12.4. The number of hydrogen-bond donors (Lipinski definition) is 0. The lowest BCUT2D eigenvalue weighted by Crippen LogP contribution is -2.17. The number of alkyl halides is 3. The lowest BCUT2D eigenvalue weighted by Gasteiger charge is -2.12. The van der Waals surface area contributed by atoms with Crippen molar-refractivity contribution < 1.29 is 22.3 Å². The third-order valence-electron chi connectivity index (χ3n) is 3.74. The Morgan fingerprint density at radius 2 is 1.93 bits per heavy atom. The maximum Gasteiger partial charge on any atom is 0.573 e. The number of imidazole rings is 1. The third-order valence-corrected chi connectivity index (χ3v) is 4.03. The van der Waals surface area contributed by atoms with E-state index in [1.165, 1.54) is 12.1 Å². The van der Waals surface area contributed by atoms with Crippen LogP contribution in [0, 0.1) is 6.92 Å². The number of nitrogens with zero attached hydrogens (tertiary/aromatic N) is 4. The van der Waals surface area contributed by atoms with Crippen LogP contribution >= 0.6 is 11.6 Å². The monoisotopic (exact) mass is 394 g/mol. The number of benzene rings is 2. The molecule has 0 spiro atoms. The molecule has 0 radical (unpaired) electrons. The summed E-state index contributed by atoms with van der Waals surface area (Å²) < 4.78 is 48.2. The number of hydrogen-bond acceptors (Lipinski definition) is 5. The first-order valence-electron chi connectivity index (χ1n) is 7.63. The molecular weight excluding hydrogens is 385 g/mol. The SMILES string of the molecule is Cc1nnc(-c2ccc3ncn(-c4ccc(OC(F)(F)F)c(Cl)c4)c3c2)o1. The van der Waals surface area contributed by atoms with Crippen LogP contribution in [0.2, 0.25) is 5.02 Å². The number of halogens is 4. The summed E-state index contributed by atoms with van der Waals surface area (Å²) in [6.07, 6.45) is -3.27. The molecule has 0 amide bonds. The van der Waals surface area contributed by atoms with Gasteiger partial charge in [0.15, 0.2) is 0 Å². The summed E-state index contributed by atoms with van der Waals surface area (Å²) in [5, 5.41) is 7.61. The standard InChI is InChI=1S/C17H10ClF3N4O2/c1-9-23-24-16(26-9)10-2-4-13-14(6-10)25(8-22-13)11-3-5-15(12(18)7-11)27-17(19,20)21/h2-8H,1H3. The number of aromatic nitrogens is 4. The zero-order valence-electron chi connectivity index (χ0n) is 13.7. The van der Waals surface area contributed by atoms with Gasteiger partial charge in [0.05, 0.1) is 16.1 Å². The summed E-state index contributed by atoms with van der Waals surface area (Å²) in [5.74, 6) is 0.319. The van der Waals surface area contributed by atoms with E-state index in [9.17, 15) is 13.2 Å². The second-order valence-corrected chi connectivity index (χ2v) is 6.01. The van der Waals surface area contributed by atoms with Crippen LogP contribution in [-0.2, 0) is 0 Å². The highest BCUT2D eigenvalue weighted by atomic mass is 35.5. The first-order valence-corrected chi connectivity index (χ1v) is 8.01. The van der Waals surface area contributed by atoms with Crippen LogP contribution in [0.3, 0.4) is 0 Å². The minimum Gasteiger partial charge on any atom is -0.421 e. The van der Waals surface area contributed by atoms with Crippen molar-refractivity contribution in [1.29, 1.82) is 0 Å². The fourth-order valence-corrected chi connectivity index (χ4v) is 2.82. The zero-order chi connectivity index (χ0) is 19.2. The predicted octanol–water partition coefficient (Wildman–Crippen LogP) is 4.94. The first-order chi connectivity index (χ1) is 12.8. The van der Waals surface area contributed by atoms with Crippen LogP contribution in [0.1, 0.15) is 5.89 Å². The Balaban J connectivity index is 1.76. The maximum atomic E-state index is 12.4. The smallest absolute Gasteiger partial charge is 0.421 e. The van der Waals surface area contributed by atoms with E-state index in [1.807, 2.05) is 0 Å². The fraction of sp³-hybridized carbons (Fsp3) is 0.118. The summed E-state index contributed by atoms with van der Waals surface area (Å²) in [5.41, 5.74) is 2.59. The van der Waals surface area contributed by atoms with Gasteiger partial charge >= 0.3 is 6.36 Å². The van der Waals surface area contributed by atoms with Crippen molar-refractivity contribution in [3.63, 3.8) is 0 Å². The molecule has 0 aliphatic carbocycles. The molecule has 0 aliphatic heterocycles. The minimum absolute atomic E-state index is 0.171. The van der Waals surface area contributed by atoms with Gasteiger partial charge < -0.3 is 9.15 Å². The molecule has 6 nitrogen and oxygen atoms in total. The lowest BCUT2D eigenvalue weighted by atomic mass is 10.2. The second kappa shape index (κ2) is 6.27. The molecule has 10 heteroatoms. The molecule has 0 atom stereocenters. The summed E-state index contributed by atoms with van der Waals surface area (Å²) in [6.45, 7) is 1.69. The molecule has 27 heavy (non-hydrogen) atoms. The molecular formula is C17H10ClF3N4O2. The molecule has 2 aromatic carbocycles. The summed E-state index contributed by atoms with van der Waals surface area (Å²) in [6, 6.07) is 9.35. The van der Waals surface area contributed by atoms with Crippen molar-refractivity contribution in [2.24, 2.45) is 0 Å². The normalized spacial score (nSPS) is 11.9. The van der Waals surface area contributed by atoms with Gasteiger partial charge in [-0.15, -0.1) is 23.4 Å². The van der Waals surface area contributed by atoms with Crippen LogP contribution in [0.4, 0.5) is 13.2 Å². The van der Waals surface area contributed by atoms with Gasteiger partial charge in [-0.3, -0.25) is 4.57 Å². The van der Waals surface area contributed by atoms with Crippen molar-refractivity contribution in [1.82, 2.24) is 19.7 Å². The zero-order valence-corrected chi connectivity index (χ0v) is 14.4. The molecule has 138 valence electrons. The minimum atomic E-state index is -4.82. The number of fused-ring (bicyclic) bond motifs is 1. The number of aryl methyl sites for hydroxylation is 1. The average molecular weight is 395 g/mol. The molecule has 2 heterocycles. The van der Waals surface area contributed by atoms with Crippen LogP contribution in [0.15, 0.2) is 47.1 Å². The molecule has 0 N–H and O–H groups in total. The van der Waals surface area contributed by atoms with Gasteiger partial charge in [0.1, 0.15) is 12.1 Å². The molecule has 0 aliphatic rings. The van der Waals surface area contributed by atoms with Gasteiger partial charge in [0.25, 0.3) is 0 Å². The van der Waals surface area contributed by atoms with Crippen molar-refractivity contribution in [2.45, 2.75) is 13.3 Å². The predicted molar refractivity (Wildman–Crippen MR) is 90.8 cm³/mol. The Bertz CT molecular complexity index is 1140. The molecule has 0 unspecified atom stereocenters. The van der Waals surface area contributed by atoms with Crippen LogP contribution in [-0.4, -0.2) is 26.1 Å². The van der Waals surface area contributed by atoms with Gasteiger partial charge in [-0.2, -0.15) is 0 Å². The Hall–Kier alpha value is -3.07. The summed E-state index contributed by atoms with van der Waals surface area (Å²) in [4.78, 5) is 4.29. The Morgan fingerprint density at radius 1 is 1.11 bits per heavy atom. The fourth-order valence-electron chi connectivity index (χ4n) is 2.61. The highest BCUT2D eigenvalue weighted by molar-refractivity contribution is 6.32. The van der Waals surface area contributed by atoms with E-state index in [0.717, 1.165) is 6.07 Å². The van der Waals surface area contributed by atoms with E-state index in [2.05, 4.69) is 19.9 Å². The quantitative estimate of drug-likeness (QED) is 0.492. The summed E-state index contributed by atoms with van der Waals surface area (Å²) in [7, 11) is 0. The molecule has 2 aromatic heterocycles. The van der Waals surface area contributed by atoms with Crippen LogP contribution < -0.4 is 4.74 Å². The van der Waals surface area contributed by atoms with E-state index in [4.69, 9.17) is 16.0 Å². The van der Waals surface area contributed by atoms with Crippen molar-refractivity contribution in [3.05, 3.63) is 53.6 Å². The molecule has 0 fully saturated rings. The molecule has 4 aromatic rings. The highest BCUT2D eigenvalue weighted by Crippen LogP contribution is 2.33. The van der Waals surface area contributed by atoms with E-state index >= 15 is 0 Å². The largest absolute Gasteiger partial charge is 0.573 e. The topological polar surface area (TPSA) is 66.0 Å². The second-order valence-electron chi connectivity index (χ2n) is 5.61. The van der Waals surface area contributed by atoms with Gasteiger partial charge in [-0.25, -0.2) is 4.98 Å². The third kappa shape index (κ3) is 3.45. The molecule has 0 bridgehead atoms. The van der Waals surface area contributed by atoms with Gasteiger partial charge in [0.2, 0.25) is 11.8 Å². The van der Waals surface area contributed by atoms with E-state index < -0.39 is 12.1 Å². The average Bonchev–Trinajstić information content (AvgIpc) is 3.21. The van der Waals surface area contributed by atoms with E-state index in [1.54, 1.807) is 36.0 Å². The Kier molecular flexibility index (Phi) is 4.03. The molecule has 0 saturated carbocycles. The van der Waals surface area contributed by atoms with Crippen molar-refractivity contribution in [2.75, 3.05) is 0 Å². The number of rotatable bonds is 3. The van der Waals surface area contributed by atoms with Crippen LogP contribution in [0.25, 0.3) is 28.2 Å². The van der Waals surface area contributed by atoms with Gasteiger partial charge in [0, 0.05) is 18.2 Å². The van der Waals surface area contributed by atoms with Gasteiger partial charge in [-0.05, 0) is 36.4 Å². The highest BCUT2D eigenvalue weighted by Gasteiger charge is 2.32. The van der Waals surface area contributed by atoms with Crippen molar-refractivity contribution in [3.8, 4) is 22.9 Å². The lowest BCUT2D eigenvalue weighted by molar-refractivity contribution is -0.274. The molecule has 0 saturated heterocycles. The van der Waals surface area contributed by atoms with Crippen LogP contribution in [0.5, 0.6) is 5.75 Å². The van der Waals surface area contributed by atoms with E-state index in [0.29, 0.717) is 34.1 Å². The Morgan fingerprint density at radius 3 is 2.59 bits per heavy atom. The van der Waals surface area contributed by atoms with E-state index in [-0.39, 0.29) is 5.02 Å². The molecule has 4 rings (SSSR count).